The van der Waals surface area contributed by atoms with Crippen LogP contribution in [0.4, 0.5) is 0 Å². The Labute approximate surface area is 54.0 Å². The maximum absolute atomic E-state index is 4.10. The van der Waals surface area contributed by atoms with Crippen molar-refractivity contribution in [1.29, 1.82) is 0 Å². The molecule has 2 heterocycles. The molecule has 9 heavy (non-hydrogen) atoms. The number of aromatic nitrogens is 2. The third-order valence-corrected chi connectivity index (χ3v) is 2.25. The Morgan fingerprint density at radius 1 is 1.44 bits per heavy atom. The fraction of sp³-hybridized carbons (Fsp3) is 0. The minimum atomic E-state index is 0.748. The van der Waals surface area contributed by atoms with Crippen molar-refractivity contribution in [2.75, 3.05) is 0 Å². The Morgan fingerprint density at radius 2 is 2.44 bits per heavy atom. The summed E-state index contributed by atoms with van der Waals surface area (Å²) in [5.41, 5.74) is 0. The second-order valence-electron chi connectivity index (χ2n) is 1.80. The average molecular weight is 136 g/mol. The Morgan fingerprint density at radius 3 is 3.33 bits per heavy atom. The molecule has 0 saturated heterocycles. The molecule has 0 aliphatic carbocycles. The zero-order valence-corrected chi connectivity index (χ0v) is 5.70. The lowest BCUT2D eigenvalue weighted by Crippen LogP contribution is -1.71. The molecule has 0 aliphatic heterocycles. The molecule has 0 spiro atoms. The van der Waals surface area contributed by atoms with E-state index in [1.54, 1.807) is 6.33 Å². The van der Waals surface area contributed by atoms with E-state index >= 15 is 0 Å². The van der Waals surface area contributed by atoms with Gasteiger partial charge in [-0.05, 0) is 11.9 Å². The molecule has 2 aromatic heterocycles. The van der Waals surface area contributed by atoms with Gasteiger partial charge in [-0.2, -0.15) is 0 Å². The molecule has 1 unspecified atom stereocenters. The van der Waals surface area contributed by atoms with Gasteiger partial charge in [0.05, 0.1) is 5.25 Å². The summed E-state index contributed by atoms with van der Waals surface area (Å²) in [6.07, 6.45) is 3.44. The lowest BCUT2D eigenvalue weighted by atomic mass is 10.4. The lowest BCUT2D eigenvalue weighted by molar-refractivity contribution is 1.23. The van der Waals surface area contributed by atoms with Gasteiger partial charge in [0.25, 0.3) is 0 Å². The Balaban J connectivity index is 2.95. The molecule has 0 aromatic carbocycles. The zero-order valence-electron chi connectivity index (χ0n) is 4.70. The first-order valence-electron chi connectivity index (χ1n) is 2.70. The predicted octanol–water partition coefficient (Wildman–Crippen LogP) is 1.66. The normalized spacial score (nSPS) is 11.1. The van der Waals surface area contributed by atoms with Crippen LogP contribution in [0.15, 0.2) is 24.4 Å². The molecule has 0 N–H and O–H groups in total. The fourth-order valence-electron chi connectivity index (χ4n) is 0.793. The van der Waals surface area contributed by atoms with Gasteiger partial charge >= 0.3 is 0 Å². The maximum Gasteiger partial charge on any atom is 0.116 e. The van der Waals surface area contributed by atoms with Gasteiger partial charge < -0.3 is 0 Å². The Bertz CT molecular complexity index is 285. The van der Waals surface area contributed by atoms with Gasteiger partial charge in [0.2, 0.25) is 0 Å². The monoisotopic (exact) mass is 136 g/mol. The summed E-state index contributed by atoms with van der Waals surface area (Å²) in [4.78, 5) is 8.00. The molecule has 0 aliphatic rings. The van der Waals surface area contributed by atoms with Gasteiger partial charge in [-0.1, -0.05) is 0 Å². The van der Waals surface area contributed by atoms with E-state index in [1.807, 2.05) is 6.20 Å². The van der Waals surface area contributed by atoms with Gasteiger partial charge in [-0.3, -0.25) is 0 Å². The van der Waals surface area contributed by atoms with Gasteiger partial charge in [0, 0.05) is 11.6 Å². The van der Waals surface area contributed by atoms with Crippen molar-refractivity contribution in [2.24, 2.45) is 0 Å². The minimum absolute atomic E-state index is 0.748. The third kappa shape index (κ3) is 0.718. The first-order chi connectivity index (χ1) is 4.47. The summed E-state index contributed by atoms with van der Waals surface area (Å²) in [7, 11) is 0.748. The molecular weight excluding hydrogens is 131 g/mol. The molecule has 2 nitrogen and oxygen atoms in total. The van der Waals surface area contributed by atoms with Gasteiger partial charge in [0.1, 0.15) is 6.33 Å². The number of nitrogens with zero attached hydrogens (tertiary/aromatic N) is 2. The van der Waals surface area contributed by atoms with Crippen LogP contribution in [-0.2, 0) is 0 Å². The van der Waals surface area contributed by atoms with E-state index in [0.717, 1.165) is 8.19 Å². The molecule has 0 bridgehead atoms. The Hall–Kier alpha value is -0.880. The van der Waals surface area contributed by atoms with E-state index < -0.39 is 0 Å². The lowest BCUT2D eigenvalue weighted by Gasteiger charge is -1.82. The second kappa shape index (κ2) is 1.82. The van der Waals surface area contributed by atoms with E-state index in [2.05, 4.69) is 21.8 Å². The van der Waals surface area contributed by atoms with Crippen molar-refractivity contribution in [1.82, 2.24) is 9.97 Å². The Kier molecular flexibility index (Phi) is 0.998. The number of hydrogen-bond donors (Lipinski definition) is 0. The highest BCUT2D eigenvalue weighted by molar-refractivity contribution is 7.36. The quantitative estimate of drug-likeness (QED) is 0.550. The highest BCUT2D eigenvalue weighted by Crippen LogP contribution is 2.20. The molecule has 0 saturated carbocycles. The highest BCUT2D eigenvalue weighted by Gasteiger charge is 1.89. The maximum atomic E-state index is 4.10. The predicted molar refractivity (Wildman–Crippen MR) is 39.0 cm³/mol. The second-order valence-corrected chi connectivity index (χ2v) is 2.90. The van der Waals surface area contributed by atoms with Crippen LogP contribution in [0.5, 0.6) is 0 Å². The SMILES string of the molecule is c1ncc2cc[pH]c2n1. The number of fused-ring (bicyclic) bond motifs is 1. The topological polar surface area (TPSA) is 25.8 Å². The van der Waals surface area contributed by atoms with Crippen LogP contribution in [0.1, 0.15) is 0 Å². The third-order valence-electron chi connectivity index (χ3n) is 1.22. The molecule has 44 valence electrons. The summed E-state index contributed by atoms with van der Waals surface area (Å²) in [6, 6.07) is 2.06. The summed E-state index contributed by atoms with van der Waals surface area (Å²) in [6.45, 7) is 0. The van der Waals surface area contributed by atoms with E-state index in [4.69, 9.17) is 0 Å². The van der Waals surface area contributed by atoms with E-state index in [0.29, 0.717) is 0 Å². The van der Waals surface area contributed by atoms with Crippen LogP contribution < -0.4 is 0 Å². The van der Waals surface area contributed by atoms with Crippen LogP contribution in [-0.4, -0.2) is 9.97 Å². The van der Waals surface area contributed by atoms with Crippen LogP contribution in [0.3, 0.4) is 0 Å². The highest BCUT2D eigenvalue weighted by atomic mass is 31.0. The summed E-state index contributed by atoms with van der Waals surface area (Å²) >= 11 is 0. The van der Waals surface area contributed by atoms with Crippen molar-refractivity contribution >= 4 is 18.8 Å². The van der Waals surface area contributed by atoms with E-state index in [1.165, 1.54) is 10.6 Å². The molecule has 0 fully saturated rings. The zero-order chi connectivity index (χ0) is 6.10. The minimum Gasteiger partial charge on any atom is -0.244 e. The van der Waals surface area contributed by atoms with Crippen LogP contribution in [0.25, 0.3) is 10.6 Å². The smallest absolute Gasteiger partial charge is 0.116 e. The molecule has 1 atom stereocenters. The first kappa shape index (κ1) is 4.95. The molecule has 2 aromatic rings. The molecular formula is C6H5N2P. The molecule has 3 heteroatoms. The summed E-state index contributed by atoms with van der Waals surface area (Å²) in [5.74, 6) is 2.12. The number of hydrogen-bond acceptors (Lipinski definition) is 2. The van der Waals surface area contributed by atoms with Crippen LogP contribution >= 0.6 is 8.19 Å². The molecule has 0 amide bonds. The van der Waals surface area contributed by atoms with Crippen molar-refractivity contribution in [3.8, 4) is 0 Å². The first-order valence-corrected chi connectivity index (χ1v) is 3.77. The van der Waals surface area contributed by atoms with E-state index in [9.17, 15) is 0 Å². The van der Waals surface area contributed by atoms with Gasteiger partial charge in [-0.25, -0.2) is 9.97 Å². The standard InChI is InChI=1S/C6H5N2P/c1-2-9-6-5(1)3-7-4-8-6/h1-4,9H. The summed E-state index contributed by atoms with van der Waals surface area (Å²) in [5, 5.41) is 2.35. The van der Waals surface area contributed by atoms with Crippen molar-refractivity contribution in [2.45, 2.75) is 0 Å². The van der Waals surface area contributed by atoms with Crippen LogP contribution in [0.2, 0.25) is 0 Å². The van der Waals surface area contributed by atoms with Crippen LogP contribution in [0, 0.1) is 0 Å². The fourth-order valence-corrected chi connectivity index (χ4v) is 1.66. The molecule has 2 rings (SSSR count). The van der Waals surface area contributed by atoms with E-state index in [-0.39, 0.29) is 0 Å². The largest absolute Gasteiger partial charge is 0.244 e. The van der Waals surface area contributed by atoms with Crippen molar-refractivity contribution < 1.29 is 0 Å². The van der Waals surface area contributed by atoms with Gasteiger partial charge in [0.15, 0.2) is 0 Å². The number of rotatable bonds is 0. The summed E-state index contributed by atoms with van der Waals surface area (Å²) < 4.78 is 0. The average Bonchev–Trinajstić information content (AvgIpc) is 2.33. The van der Waals surface area contributed by atoms with Crippen molar-refractivity contribution in [3.63, 3.8) is 0 Å². The molecule has 0 radical (unpaired) electrons. The van der Waals surface area contributed by atoms with Crippen molar-refractivity contribution in [3.05, 3.63) is 24.4 Å². The van der Waals surface area contributed by atoms with Gasteiger partial charge in [-0.15, -0.1) is 8.19 Å².